The standard InChI is InChI=1S/C11H20N4O/c1-8-6-10(4-5-15(8)3)12-7-11-13-9(2)14-16-11/h8,10,12H,4-7H2,1-3H3. The Morgan fingerprint density at radius 1 is 1.56 bits per heavy atom. The van der Waals surface area contributed by atoms with E-state index >= 15 is 0 Å². The molecule has 2 heterocycles. The first kappa shape index (κ1) is 11.5. The second-order valence-electron chi connectivity index (χ2n) is 4.67. The quantitative estimate of drug-likeness (QED) is 0.828. The molecule has 0 bridgehead atoms. The van der Waals surface area contributed by atoms with Gasteiger partial charge in [0.1, 0.15) is 0 Å². The first-order chi connectivity index (χ1) is 7.65. The summed E-state index contributed by atoms with van der Waals surface area (Å²) < 4.78 is 5.07. The van der Waals surface area contributed by atoms with Gasteiger partial charge in [0.25, 0.3) is 0 Å². The average Bonchev–Trinajstić information content (AvgIpc) is 2.66. The summed E-state index contributed by atoms with van der Waals surface area (Å²) in [6.45, 7) is 5.94. The summed E-state index contributed by atoms with van der Waals surface area (Å²) >= 11 is 0. The number of nitrogens with zero attached hydrogens (tertiary/aromatic N) is 3. The molecule has 90 valence electrons. The van der Waals surface area contributed by atoms with Crippen LogP contribution in [-0.4, -0.2) is 40.7 Å². The SMILES string of the molecule is Cc1noc(CNC2CCN(C)C(C)C2)n1. The van der Waals surface area contributed by atoms with Gasteiger partial charge in [-0.15, -0.1) is 0 Å². The molecule has 1 aromatic heterocycles. The Bertz CT molecular complexity index is 338. The highest BCUT2D eigenvalue weighted by Gasteiger charge is 2.22. The van der Waals surface area contributed by atoms with Crippen molar-refractivity contribution in [2.24, 2.45) is 0 Å². The van der Waals surface area contributed by atoms with Gasteiger partial charge in [-0.2, -0.15) is 4.98 Å². The fraction of sp³-hybridized carbons (Fsp3) is 0.818. The van der Waals surface area contributed by atoms with Crippen LogP contribution in [0, 0.1) is 6.92 Å². The number of aryl methyl sites for hydroxylation is 1. The van der Waals surface area contributed by atoms with Crippen LogP contribution in [0.15, 0.2) is 4.52 Å². The summed E-state index contributed by atoms with van der Waals surface area (Å²) in [7, 11) is 2.18. The van der Waals surface area contributed by atoms with Crippen molar-refractivity contribution in [3.63, 3.8) is 0 Å². The van der Waals surface area contributed by atoms with E-state index in [1.807, 2.05) is 6.92 Å². The minimum atomic E-state index is 0.568. The van der Waals surface area contributed by atoms with Crippen molar-refractivity contribution in [2.45, 2.75) is 45.3 Å². The van der Waals surface area contributed by atoms with E-state index < -0.39 is 0 Å². The molecule has 1 aliphatic rings. The van der Waals surface area contributed by atoms with Gasteiger partial charge in [0, 0.05) is 12.1 Å². The highest BCUT2D eigenvalue weighted by Crippen LogP contribution is 2.15. The zero-order chi connectivity index (χ0) is 11.5. The molecule has 0 radical (unpaired) electrons. The largest absolute Gasteiger partial charge is 0.338 e. The normalized spacial score (nSPS) is 27.2. The Balaban J connectivity index is 1.78. The van der Waals surface area contributed by atoms with Gasteiger partial charge in [0.2, 0.25) is 5.89 Å². The number of hydrogen-bond donors (Lipinski definition) is 1. The van der Waals surface area contributed by atoms with Gasteiger partial charge in [-0.05, 0) is 40.3 Å². The van der Waals surface area contributed by atoms with Crippen LogP contribution >= 0.6 is 0 Å². The van der Waals surface area contributed by atoms with Gasteiger partial charge < -0.3 is 14.7 Å². The van der Waals surface area contributed by atoms with Crippen molar-refractivity contribution < 1.29 is 4.52 Å². The molecule has 16 heavy (non-hydrogen) atoms. The lowest BCUT2D eigenvalue weighted by atomic mass is 9.99. The van der Waals surface area contributed by atoms with Crippen LogP contribution < -0.4 is 5.32 Å². The molecule has 1 saturated heterocycles. The Kier molecular flexibility index (Phi) is 3.56. The third-order valence-corrected chi connectivity index (χ3v) is 3.32. The Morgan fingerprint density at radius 2 is 2.38 bits per heavy atom. The van der Waals surface area contributed by atoms with E-state index in [1.165, 1.54) is 12.8 Å². The van der Waals surface area contributed by atoms with Crippen molar-refractivity contribution >= 4 is 0 Å². The van der Waals surface area contributed by atoms with Crippen LogP contribution in [0.4, 0.5) is 0 Å². The molecule has 1 fully saturated rings. The molecule has 0 spiro atoms. The van der Waals surface area contributed by atoms with Crippen molar-refractivity contribution in [3.05, 3.63) is 11.7 Å². The lowest BCUT2D eigenvalue weighted by Gasteiger charge is -2.35. The third kappa shape index (κ3) is 2.80. The van der Waals surface area contributed by atoms with Gasteiger partial charge in [0.15, 0.2) is 5.82 Å². The molecule has 0 aromatic carbocycles. The Morgan fingerprint density at radius 3 is 3.00 bits per heavy atom. The number of rotatable bonds is 3. The predicted molar refractivity (Wildman–Crippen MR) is 61.0 cm³/mol. The molecule has 5 nitrogen and oxygen atoms in total. The lowest BCUT2D eigenvalue weighted by molar-refractivity contribution is 0.166. The number of piperidine rings is 1. The van der Waals surface area contributed by atoms with Gasteiger partial charge in [-0.25, -0.2) is 0 Å². The topological polar surface area (TPSA) is 54.2 Å². The van der Waals surface area contributed by atoms with Crippen molar-refractivity contribution in [3.8, 4) is 0 Å². The van der Waals surface area contributed by atoms with Crippen LogP contribution in [-0.2, 0) is 6.54 Å². The molecule has 1 aliphatic heterocycles. The summed E-state index contributed by atoms with van der Waals surface area (Å²) in [6, 6.07) is 1.22. The van der Waals surface area contributed by atoms with Gasteiger partial charge in [0.05, 0.1) is 6.54 Å². The maximum absolute atomic E-state index is 5.07. The number of aromatic nitrogens is 2. The van der Waals surface area contributed by atoms with E-state index in [0.29, 0.717) is 30.3 Å². The lowest BCUT2D eigenvalue weighted by Crippen LogP contribution is -2.45. The third-order valence-electron chi connectivity index (χ3n) is 3.32. The maximum atomic E-state index is 5.07. The monoisotopic (exact) mass is 224 g/mol. The fourth-order valence-electron chi connectivity index (χ4n) is 2.12. The molecule has 5 heteroatoms. The predicted octanol–water partition coefficient (Wildman–Crippen LogP) is 0.950. The second kappa shape index (κ2) is 4.93. The molecule has 1 aromatic rings. The number of hydrogen-bond acceptors (Lipinski definition) is 5. The zero-order valence-corrected chi connectivity index (χ0v) is 10.2. The van der Waals surface area contributed by atoms with E-state index in [9.17, 15) is 0 Å². The molecule has 0 amide bonds. The highest BCUT2D eigenvalue weighted by molar-refractivity contribution is 4.86. The van der Waals surface area contributed by atoms with Gasteiger partial charge >= 0.3 is 0 Å². The molecule has 2 unspecified atom stereocenters. The van der Waals surface area contributed by atoms with E-state index in [-0.39, 0.29) is 0 Å². The van der Waals surface area contributed by atoms with Crippen LogP contribution in [0.5, 0.6) is 0 Å². The average molecular weight is 224 g/mol. The van der Waals surface area contributed by atoms with Gasteiger partial charge in [-0.1, -0.05) is 5.16 Å². The Labute approximate surface area is 96.2 Å². The van der Waals surface area contributed by atoms with Crippen LogP contribution in [0.25, 0.3) is 0 Å². The molecule has 2 atom stereocenters. The summed E-state index contributed by atoms with van der Waals surface area (Å²) in [4.78, 5) is 6.58. The van der Waals surface area contributed by atoms with Crippen molar-refractivity contribution in [2.75, 3.05) is 13.6 Å². The minimum Gasteiger partial charge on any atom is -0.338 e. The first-order valence-electron chi connectivity index (χ1n) is 5.88. The van der Waals surface area contributed by atoms with Crippen LogP contribution in [0.3, 0.4) is 0 Å². The molecule has 2 rings (SSSR count). The van der Waals surface area contributed by atoms with E-state index in [2.05, 4.69) is 34.3 Å². The Hall–Kier alpha value is -0.940. The van der Waals surface area contributed by atoms with E-state index in [0.717, 1.165) is 6.54 Å². The minimum absolute atomic E-state index is 0.568. The molecule has 0 aliphatic carbocycles. The van der Waals surface area contributed by atoms with E-state index in [4.69, 9.17) is 4.52 Å². The molecular formula is C11H20N4O. The molecular weight excluding hydrogens is 204 g/mol. The molecule has 0 saturated carbocycles. The maximum Gasteiger partial charge on any atom is 0.240 e. The first-order valence-corrected chi connectivity index (χ1v) is 5.88. The van der Waals surface area contributed by atoms with Crippen LogP contribution in [0.2, 0.25) is 0 Å². The highest BCUT2D eigenvalue weighted by atomic mass is 16.5. The molecule has 1 N–H and O–H groups in total. The summed E-state index contributed by atoms with van der Waals surface area (Å²) in [5.41, 5.74) is 0. The van der Waals surface area contributed by atoms with Crippen molar-refractivity contribution in [1.29, 1.82) is 0 Å². The smallest absolute Gasteiger partial charge is 0.240 e. The van der Waals surface area contributed by atoms with Crippen molar-refractivity contribution in [1.82, 2.24) is 20.4 Å². The summed E-state index contributed by atoms with van der Waals surface area (Å²) in [5.74, 6) is 1.39. The number of nitrogens with one attached hydrogen (secondary N) is 1. The van der Waals surface area contributed by atoms with Gasteiger partial charge in [-0.3, -0.25) is 0 Å². The van der Waals surface area contributed by atoms with Crippen LogP contribution in [0.1, 0.15) is 31.5 Å². The second-order valence-corrected chi connectivity index (χ2v) is 4.67. The summed E-state index contributed by atoms with van der Waals surface area (Å²) in [6.07, 6.45) is 2.37. The number of likely N-dealkylation sites (tertiary alicyclic amines) is 1. The summed E-state index contributed by atoms with van der Waals surface area (Å²) in [5, 5.41) is 7.25. The fourth-order valence-corrected chi connectivity index (χ4v) is 2.12. The van der Waals surface area contributed by atoms with E-state index in [1.54, 1.807) is 0 Å². The zero-order valence-electron chi connectivity index (χ0n) is 10.2.